The molecule has 4 atom stereocenters. The fourth-order valence-electron chi connectivity index (χ4n) is 5.24. The fourth-order valence-corrected chi connectivity index (χ4v) is 5.24. The zero-order valence-electron chi connectivity index (χ0n) is 15.7. The topological polar surface area (TPSA) is 63.7 Å². The van der Waals surface area contributed by atoms with Crippen molar-refractivity contribution >= 4 is 23.3 Å². The maximum Gasteiger partial charge on any atom is 0.237 e. The van der Waals surface area contributed by atoms with Crippen LogP contribution in [0.3, 0.4) is 0 Å². The van der Waals surface area contributed by atoms with Gasteiger partial charge in [-0.05, 0) is 67.5 Å². The highest BCUT2D eigenvalue weighted by Gasteiger charge is 2.61. The number of nitrogens with zero attached hydrogens (tertiary/aromatic N) is 1. The van der Waals surface area contributed by atoms with E-state index >= 15 is 0 Å². The van der Waals surface area contributed by atoms with Gasteiger partial charge < -0.3 is 4.74 Å². The number of amides is 2. The van der Waals surface area contributed by atoms with Crippen molar-refractivity contribution in [3.63, 3.8) is 0 Å². The lowest BCUT2D eigenvalue weighted by atomic mass is 9.81. The minimum atomic E-state index is -0.409. The molecule has 0 aromatic heterocycles. The molecule has 0 N–H and O–H groups in total. The molecule has 29 heavy (non-hydrogen) atoms. The van der Waals surface area contributed by atoms with E-state index in [0.717, 1.165) is 19.3 Å². The van der Waals surface area contributed by atoms with Crippen LogP contribution in [0.2, 0.25) is 0 Å². The summed E-state index contributed by atoms with van der Waals surface area (Å²) in [6.07, 6.45) is 3.07. The van der Waals surface area contributed by atoms with Crippen LogP contribution in [0.15, 0.2) is 48.5 Å². The van der Waals surface area contributed by atoms with Crippen LogP contribution in [0.5, 0.6) is 5.75 Å². The molecular formula is C23H20FNO4. The first-order valence-electron chi connectivity index (χ1n) is 9.92. The molecule has 3 aliphatic rings. The highest BCUT2D eigenvalue weighted by atomic mass is 19.1. The Morgan fingerprint density at radius 1 is 1.00 bits per heavy atom. The predicted molar refractivity (Wildman–Crippen MR) is 103 cm³/mol. The number of ketones is 1. The number of ether oxygens (including phenoxy) is 1. The van der Waals surface area contributed by atoms with Crippen molar-refractivity contribution in [3.05, 3.63) is 59.9 Å². The van der Waals surface area contributed by atoms with E-state index in [1.807, 2.05) is 0 Å². The zero-order valence-corrected chi connectivity index (χ0v) is 15.7. The Hall–Kier alpha value is -3.02. The van der Waals surface area contributed by atoms with Gasteiger partial charge in [-0.15, -0.1) is 0 Å². The predicted octanol–water partition coefficient (Wildman–Crippen LogP) is 3.62. The van der Waals surface area contributed by atoms with E-state index in [1.54, 1.807) is 24.3 Å². The SMILES string of the molecule is O=C(COc1cccc(N2C(=O)[C@@H]3[C@@H]4CC[C@H](C4)[C@@H]3C2=O)c1)c1ccc(F)cc1. The van der Waals surface area contributed by atoms with Gasteiger partial charge in [0.2, 0.25) is 11.8 Å². The summed E-state index contributed by atoms with van der Waals surface area (Å²) in [5.41, 5.74) is 0.844. The maximum atomic E-state index is 13.0. The average molecular weight is 393 g/mol. The molecular weight excluding hydrogens is 373 g/mol. The highest BCUT2D eigenvalue weighted by molar-refractivity contribution is 6.22. The first kappa shape index (κ1) is 18.0. The van der Waals surface area contributed by atoms with Crippen LogP contribution in [0, 0.1) is 29.5 Å². The van der Waals surface area contributed by atoms with Gasteiger partial charge in [-0.25, -0.2) is 9.29 Å². The Morgan fingerprint density at radius 3 is 2.31 bits per heavy atom. The van der Waals surface area contributed by atoms with Gasteiger partial charge in [0.25, 0.3) is 0 Å². The van der Waals surface area contributed by atoms with Crippen molar-refractivity contribution in [2.24, 2.45) is 23.7 Å². The summed E-state index contributed by atoms with van der Waals surface area (Å²) in [5, 5.41) is 0. The number of Topliss-reactive ketones (excluding diaryl/α,β-unsaturated/α-hetero) is 1. The van der Waals surface area contributed by atoms with Gasteiger partial charge >= 0.3 is 0 Å². The summed E-state index contributed by atoms with van der Waals surface area (Å²) in [7, 11) is 0. The second kappa shape index (κ2) is 6.79. The van der Waals surface area contributed by atoms with Crippen LogP contribution < -0.4 is 9.64 Å². The molecule has 2 aromatic rings. The molecule has 0 radical (unpaired) electrons. The smallest absolute Gasteiger partial charge is 0.237 e. The van der Waals surface area contributed by atoms with Crippen molar-refractivity contribution in [1.82, 2.24) is 0 Å². The number of carbonyl (C=O) groups excluding carboxylic acids is 3. The number of hydrogen-bond acceptors (Lipinski definition) is 4. The Kier molecular flexibility index (Phi) is 4.23. The minimum absolute atomic E-state index is 0.105. The first-order chi connectivity index (χ1) is 14.0. The van der Waals surface area contributed by atoms with Crippen molar-refractivity contribution in [3.8, 4) is 5.75 Å². The van der Waals surface area contributed by atoms with Crippen molar-refractivity contribution in [2.75, 3.05) is 11.5 Å². The van der Waals surface area contributed by atoms with Crippen LogP contribution in [0.4, 0.5) is 10.1 Å². The molecule has 1 heterocycles. The molecule has 148 valence electrons. The molecule has 2 bridgehead atoms. The van der Waals surface area contributed by atoms with Crippen LogP contribution >= 0.6 is 0 Å². The second-order valence-corrected chi connectivity index (χ2v) is 8.11. The van der Waals surface area contributed by atoms with Gasteiger partial charge in [0.05, 0.1) is 17.5 Å². The Bertz CT molecular complexity index is 974. The summed E-state index contributed by atoms with van der Waals surface area (Å²) in [4.78, 5) is 39.4. The molecule has 5 rings (SSSR count). The Labute approximate surface area is 167 Å². The van der Waals surface area contributed by atoms with Crippen molar-refractivity contribution in [2.45, 2.75) is 19.3 Å². The quantitative estimate of drug-likeness (QED) is 0.575. The third-order valence-electron chi connectivity index (χ3n) is 6.54. The van der Waals surface area contributed by atoms with Gasteiger partial charge in [-0.2, -0.15) is 0 Å². The molecule has 1 aliphatic heterocycles. The van der Waals surface area contributed by atoms with Gasteiger partial charge in [0.1, 0.15) is 11.6 Å². The molecule has 2 saturated carbocycles. The van der Waals surface area contributed by atoms with E-state index in [2.05, 4.69) is 0 Å². The minimum Gasteiger partial charge on any atom is -0.485 e. The van der Waals surface area contributed by atoms with E-state index < -0.39 is 5.82 Å². The summed E-state index contributed by atoms with van der Waals surface area (Å²) in [6.45, 7) is -0.216. The second-order valence-electron chi connectivity index (χ2n) is 8.11. The van der Waals surface area contributed by atoms with Gasteiger partial charge in [-0.1, -0.05) is 6.07 Å². The van der Waals surface area contributed by atoms with Crippen molar-refractivity contribution < 1.29 is 23.5 Å². The van der Waals surface area contributed by atoms with E-state index in [-0.39, 0.29) is 36.0 Å². The molecule has 2 aromatic carbocycles. The number of carbonyl (C=O) groups is 3. The van der Waals surface area contributed by atoms with Crippen LogP contribution in [0.1, 0.15) is 29.6 Å². The van der Waals surface area contributed by atoms with E-state index in [1.165, 1.54) is 29.2 Å². The number of anilines is 1. The van der Waals surface area contributed by atoms with Crippen LogP contribution in [0.25, 0.3) is 0 Å². The third kappa shape index (κ3) is 2.94. The number of rotatable bonds is 5. The lowest BCUT2D eigenvalue weighted by molar-refractivity contribution is -0.123. The zero-order chi connectivity index (χ0) is 20.1. The van der Waals surface area contributed by atoms with Gasteiger partial charge in [-0.3, -0.25) is 14.4 Å². The van der Waals surface area contributed by atoms with E-state index in [4.69, 9.17) is 4.74 Å². The molecule has 0 spiro atoms. The number of halogens is 1. The molecule has 0 unspecified atom stereocenters. The van der Waals surface area contributed by atoms with Crippen LogP contribution in [-0.2, 0) is 9.59 Å². The molecule has 6 heteroatoms. The first-order valence-corrected chi connectivity index (χ1v) is 9.92. The summed E-state index contributed by atoms with van der Waals surface area (Å²) in [6, 6.07) is 12.0. The van der Waals surface area contributed by atoms with Crippen molar-refractivity contribution in [1.29, 1.82) is 0 Å². The molecule has 2 amide bonds. The largest absolute Gasteiger partial charge is 0.485 e. The standard InChI is InChI=1S/C23H20FNO4/c24-16-8-6-13(7-9-16)19(26)12-29-18-3-1-2-17(11-18)25-22(27)20-14-4-5-15(10-14)21(20)23(25)28/h1-3,6-9,11,14-15,20-21H,4-5,10,12H2/t14-,15-,20-,21+/m1/s1. The fraction of sp³-hybridized carbons (Fsp3) is 0.348. The Balaban J connectivity index is 1.31. The highest BCUT2D eigenvalue weighted by Crippen LogP contribution is 2.56. The summed E-state index contributed by atoms with van der Waals surface area (Å²) >= 11 is 0. The van der Waals surface area contributed by atoms with E-state index in [9.17, 15) is 18.8 Å². The number of hydrogen-bond donors (Lipinski definition) is 0. The summed E-state index contributed by atoms with van der Waals surface area (Å²) in [5.74, 6) is -0.185. The lowest BCUT2D eigenvalue weighted by Crippen LogP contribution is -2.32. The third-order valence-corrected chi connectivity index (χ3v) is 6.54. The normalized spacial score (nSPS) is 27.4. The van der Waals surface area contributed by atoms with E-state index in [0.29, 0.717) is 28.8 Å². The Morgan fingerprint density at radius 2 is 1.66 bits per heavy atom. The number of fused-ring (bicyclic) bond motifs is 5. The molecule has 1 saturated heterocycles. The number of imide groups is 1. The lowest BCUT2D eigenvalue weighted by Gasteiger charge is -2.19. The molecule has 3 fully saturated rings. The van der Waals surface area contributed by atoms with Crippen LogP contribution in [-0.4, -0.2) is 24.2 Å². The average Bonchev–Trinajstić information content (AvgIpc) is 3.41. The molecule has 2 aliphatic carbocycles. The monoisotopic (exact) mass is 393 g/mol. The van der Waals surface area contributed by atoms with Gasteiger partial charge in [0, 0.05) is 11.6 Å². The number of benzene rings is 2. The van der Waals surface area contributed by atoms with Gasteiger partial charge in [0.15, 0.2) is 12.4 Å². The maximum absolute atomic E-state index is 13.0. The molecule has 5 nitrogen and oxygen atoms in total. The summed E-state index contributed by atoms with van der Waals surface area (Å²) < 4.78 is 18.6.